The minimum Gasteiger partial charge on any atom is -0.485 e. The van der Waals surface area contributed by atoms with Crippen molar-refractivity contribution in [2.45, 2.75) is 26.0 Å². The maximum atomic E-state index is 11.8. The molecule has 4 aromatic rings. The number of nitrogens with zero attached hydrogens (tertiary/aromatic N) is 5. The second-order valence-corrected chi connectivity index (χ2v) is 11.2. The Bertz CT molecular complexity index is 1520. The number of piperazine rings is 1. The third-order valence-corrected chi connectivity index (χ3v) is 8.27. The van der Waals surface area contributed by atoms with Gasteiger partial charge in [-0.1, -0.05) is 23.7 Å². The van der Waals surface area contributed by atoms with Gasteiger partial charge in [0.2, 0.25) is 5.91 Å². The number of ether oxygens (including phenoxy) is 1. The minimum atomic E-state index is -0.438. The van der Waals surface area contributed by atoms with Crippen LogP contribution in [0.15, 0.2) is 48.8 Å². The molecule has 8 nitrogen and oxygen atoms in total. The lowest BCUT2D eigenvalue weighted by Crippen LogP contribution is -2.43. The van der Waals surface area contributed by atoms with E-state index in [0.29, 0.717) is 16.3 Å². The van der Waals surface area contributed by atoms with Crippen molar-refractivity contribution in [2.75, 3.05) is 33.2 Å². The van der Waals surface area contributed by atoms with Gasteiger partial charge in [0.15, 0.2) is 0 Å². The third kappa shape index (κ3) is 5.69. The Hall–Kier alpha value is -3.42. The molecule has 0 radical (unpaired) electrons. The highest BCUT2D eigenvalue weighted by Crippen LogP contribution is 2.39. The zero-order valence-electron chi connectivity index (χ0n) is 21.4. The number of pyridine rings is 1. The molecule has 0 aliphatic carbocycles. The molecule has 1 saturated heterocycles. The fourth-order valence-electron chi connectivity index (χ4n) is 4.67. The van der Waals surface area contributed by atoms with Gasteiger partial charge in [0.1, 0.15) is 23.6 Å². The number of thiophene rings is 1. The lowest BCUT2D eigenvalue weighted by molar-refractivity contribution is -0.117. The van der Waals surface area contributed by atoms with Crippen molar-refractivity contribution in [1.29, 1.82) is 5.26 Å². The Morgan fingerprint density at radius 3 is 2.74 bits per heavy atom. The van der Waals surface area contributed by atoms with Crippen LogP contribution in [0, 0.1) is 11.3 Å². The number of hydrogen-bond donors (Lipinski definition) is 1. The highest BCUT2D eigenvalue weighted by Gasteiger charge is 2.21. The maximum Gasteiger partial charge on any atom is 0.222 e. The molecule has 0 bridgehead atoms. The van der Waals surface area contributed by atoms with Crippen molar-refractivity contribution in [3.63, 3.8) is 0 Å². The maximum absolute atomic E-state index is 11.8. The van der Waals surface area contributed by atoms with E-state index in [9.17, 15) is 10.1 Å². The quantitative estimate of drug-likeness (QED) is 0.348. The number of benzene rings is 1. The van der Waals surface area contributed by atoms with Crippen LogP contribution in [0.4, 0.5) is 0 Å². The van der Waals surface area contributed by atoms with Gasteiger partial charge in [-0.2, -0.15) is 5.26 Å². The summed E-state index contributed by atoms with van der Waals surface area (Å²) in [4.78, 5) is 22.7. The zero-order valence-corrected chi connectivity index (χ0v) is 22.9. The van der Waals surface area contributed by atoms with Crippen LogP contribution >= 0.6 is 22.9 Å². The first-order valence-corrected chi connectivity index (χ1v) is 13.6. The molecule has 1 aromatic carbocycles. The standard InChI is InChI=1S/C28H29ClN6O2S/c1-18(21-5-3-19(11-22(21)29)16-34-9-7-33(2)8-10-34)37-24-12-25(38-26(24)13-27(31)36)23-15-32-28-6-4-20(14-30)17-35(23)28/h3-6,11-12,15,17-18H,7-10,13,16H2,1-2H3,(H2,31,36)/t18-/m1/s1. The lowest BCUT2D eigenvalue weighted by Gasteiger charge is -2.32. The molecule has 0 saturated carbocycles. The van der Waals surface area contributed by atoms with E-state index in [4.69, 9.17) is 22.1 Å². The highest BCUT2D eigenvalue weighted by molar-refractivity contribution is 7.15. The van der Waals surface area contributed by atoms with Gasteiger partial charge < -0.3 is 15.4 Å². The second kappa shape index (κ2) is 11.1. The number of likely N-dealkylation sites (N-methyl/N-ethyl adjacent to an activating group) is 1. The molecule has 4 heterocycles. The van der Waals surface area contributed by atoms with Crippen LogP contribution in [-0.4, -0.2) is 58.3 Å². The molecule has 0 spiro atoms. The van der Waals surface area contributed by atoms with E-state index in [-0.39, 0.29) is 12.5 Å². The number of halogens is 1. The largest absolute Gasteiger partial charge is 0.485 e. The average Bonchev–Trinajstić information content (AvgIpc) is 3.48. The molecule has 0 unspecified atom stereocenters. The number of rotatable bonds is 8. The van der Waals surface area contributed by atoms with Gasteiger partial charge in [0.25, 0.3) is 0 Å². The molecule has 10 heteroatoms. The molecule has 196 valence electrons. The zero-order chi connectivity index (χ0) is 26.8. The average molecular weight is 549 g/mol. The summed E-state index contributed by atoms with van der Waals surface area (Å²) in [6.45, 7) is 7.04. The number of primary amides is 1. The van der Waals surface area contributed by atoms with Gasteiger partial charge in [-0.05, 0) is 37.7 Å². The van der Waals surface area contributed by atoms with Gasteiger partial charge in [0, 0.05) is 55.6 Å². The number of nitriles is 1. The monoisotopic (exact) mass is 548 g/mol. The van der Waals surface area contributed by atoms with Crippen LogP contribution in [0.5, 0.6) is 5.75 Å². The van der Waals surface area contributed by atoms with Gasteiger partial charge in [-0.25, -0.2) is 4.98 Å². The summed E-state index contributed by atoms with van der Waals surface area (Å²) in [6.07, 6.45) is 3.21. The fourth-order valence-corrected chi connectivity index (χ4v) is 6.13. The Morgan fingerprint density at radius 2 is 2.03 bits per heavy atom. The SMILES string of the molecule is C[C@@H](Oc1cc(-c2cnc3ccc(C#N)cn23)sc1CC(N)=O)c1ccc(CN2CCN(C)CC2)cc1Cl. The third-order valence-electron chi connectivity index (χ3n) is 6.80. The van der Waals surface area contributed by atoms with E-state index in [1.54, 1.807) is 24.5 Å². The van der Waals surface area contributed by atoms with E-state index >= 15 is 0 Å². The highest BCUT2D eigenvalue weighted by atomic mass is 35.5. The van der Waals surface area contributed by atoms with Crippen molar-refractivity contribution in [2.24, 2.45) is 5.73 Å². The van der Waals surface area contributed by atoms with Gasteiger partial charge in [0.05, 0.1) is 33.6 Å². The number of carbonyl (C=O) groups is 1. The van der Waals surface area contributed by atoms with Crippen LogP contribution in [-0.2, 0) is 17.8 Å². The number of amides is 1. The number of aromatic nitrogens is 2. The van der Waals surface area contributed by atoms with Crippen LogP contribution in [0.3, 0.4) is 0 Å². The molecule has 1 atom stereocenters. The van der Waals surface area contributed by atoms with Crippen molar-refractivity contribution < 1.29 is 9.53 Å². The Labute approximate surface area is 230 Å². The van der Waals surface area contributed by atoms with Gasteiger partial charge in [-0.3, -0.25) is 14.1 Å². The Morgan fingerprint density at radius 1 is 1.24 bits per heavy atom. The first-order valence-electron chi connectivity index (χ1n) is 12.4. The molecule has 1 fully saturated rings. The van der Waals surface area contributed by atoms with Crippen molar-refractivity contribution >= 4 is 34.5 Å². The van der Waals surface area contributed by atoms with E-state index in [1.165, 1.54) is 16.9 Å². The molecule has 2 N–H and O–H groups in total. The summed E-state index contributed by atoms with van der Waals surface area (Å²) in [7, 11) is 2.15. The summed E-state index contributed by atoms with van der Waals surface area (Å²) < 4.78 is 8.23. The van der Waals surface area contributed by atoms with E-state index in [0.717, 1.165) is 59.4 Å². The molecule has 1 aliphatic rings. The number of imidazole rings is 1. The number of nitrogens with two attached hydrogens (primary N) is 1. The molecular formula is C28H29ClN6O2S. The van der Waals surface area contributed by atoms with Crippen LogP contribution in [0.1, 0.15) is 34.6 Å². The molecule has 1 amide bonds. The summed E-state index contributed by atoms with van der Waals surface area (Å²) in [6, 6.07) is 13.7. The first-order chi connectivity index (χ1) is 18.3. The van der Waals surface area contributed by atoms with Crippen molar-refractivity contribution in [3.8, 4) is 22.4 Å². The fraction of sp³-hybridized carbons (Fsp3) is 0.321. The first kappa shape index (κ1) is 26.2. The summed E-state index contributed by atoms with van der Waals surface area (Å²) in [5.74, 6) is 0.146. The van der Waals surface area contributed by atoms with Crippen molar-refractivity contribution in [1.82, 2.24) is 19.2 Å². The minimum absolute atomic E-state index is 0.0601. The predicted octanol–water partition coefficient (Wildman–Crippen LogP) is 4.50. The Balaban J connectivity index is 1.38. The van der Waals surface area contributed by atoms with E-state index in [1.807, 2.05) is 29.5 Å². The topological polar surface area (TPSA) is 99.9 Å². The van der Waals surface area contributed by atoms with Gasteiger partial charge >= 0.3 is 0 Å². The number of fused-ring (bicyclic) bond motifs is 1. The van der Waals surface area contributed by atoms with Crippen LogP contribution in [0.25, 0.3) is 16.2 Å². The second-order valence-electron chi connectivity index (χ2n) is 9.64. The molecule has 1 aliphatic heterocycles. The van der Waals surface area contributed by atoms with E-state index < -0.39 is 5.91 Å². The van der Waals surface area contributed by atoms with Crippen molar-refractivity contribution in [3.05, 3.63) is 75.4 Å². The smallest absolute Gasteiger partial charge is 0.222 e. The van der Waals surface area contributed by atoms with Crippen LogP contribution < -0.4 is 10.5 Å². The van der Waals surface area contributed by atoms with E-state index in [2.05, 4.69) is 34.0 Å². The van der Waals surface area contributed by atoms with Crippen LogP contribution in [0.2, 0.25) is 5.02 Å². The Kier molecular flexibility index (Phi) is 7.68. The normalized spacial score (nSPS) is 15.4. The summed E-state index contributed by atoms with van der Waals surface area (Å²) in [5.41, 5.74) is 9.66. The number of hydrogen-bond acceptors (Lipinski definition) is 7. The molecular weight excluding hydrogens is 520 g/mol. The molecule has 3 aromatic heterocycles. The summed E-state index contributed by atoms with van der Waals surface area (Å²) in [5, 5.41) is 9.97. The molecule has 5 rings (SSSR count). The lowest BCUT2D eigenvalue weighted by atomic mass is 10.1. The summed E-state index contributed by atoms with van der Waals surface area (Å²) >= 11 is 8.15. The number of carbonyl (C=O) groups excluding carboxylic acids is 1. The van der Waals surface area contributed by atoms with Gasteiger partial charge in [-0.15, -0.1) is 11.3 Å². The predicted molar refractivity (Wildman–Crippen MR) is 149 cm³/mol. The molecule has 38 heavy (non-hydrogen) atoms.